The first-order valence-corrected chi connectivity index (χ1v) is 11.4. The van der Waals surface area contributed by atoms with Crippen molar-refractivity contribution >= 4 is 65.4 Å². The number of hydrogen-bond acceptors (Lipinski definition) is 5. The predicted molar refractivity (Wildman–Crippen MR) is 135 cm³/mol. The molecular formula is C22H23Cl3F2N4S. The van der Waals surface area contributed by atoms with Crippen LogP contribution in [-0.4, -0.2) is 26.5 Å². The van der Waals surface area contributed by atoms with Gasteiger partial charge in [0.05, 0.1) is 27.4 Å². The summed E-state index contributed by atoms with van der Waals surface area (Å²) < 4.78 is 31.6. The zero-order chi connectivity index (χ0) is 24.1. The second-order valence-corrected chi connectivity index (χ2v) is 9.42. The minimum atomic E-state index is -0.685. The number of nitrogens with two attached hydrogens (primary N) is 1. The summed E-state index contributed by atoms with van der Waals surface area (Å²) >= 11 is 19.8. The van der Waals surface area contributed by atoms with E-state index in [1.807, 2.05) is 6.07 Å². The van der Waals surface area contributed by atoms with Crippen molar-refractivity contribution in [3.8, 4) is 0 Å². The maximum absolute atomic E-state index is 14.6. The number of anilines is 1. The summed E-state index contributed by atoms with van der Waals surface area (Å²) in [5.74, 6) is -1.18. The predicted octanol–water partition coefficient (Wildman–Crippen LogP) is 7.25. The third-order valence-corrected chi connectivity index (χ3v) is 6.56. The Hall–Kier alpha value is -1.64. The van der Waals surface area contributed by atoms with Gasteiger partial charge in [-0.3, -0.25) is 4.99 Å². The number of rotatable bonds is 6. The monoisotopic (exact) mass is 518 g/mol. The number of aliphatic imine (C=N–C) groups is 1. The lowest BCUT2D eigenvalue weighted by atomic mass is 9.87. The number of hydrogen-bond donors (Lipinski definition) is 1. The number of nitrogens with zero attached hydrogens (tertiary/aromatic N) is 3. The molecule has 0 saturated heterocycles. The SMILES string of the molecule is C=N/C=C(F)\C=N/Sc1cc(Cl)c(CN2CC(C)(C)c3c2ccc(Cl)c3Cl)cc1F.CN. The molecule has 172 valence electrons. The van der Waals surface area contributed by atoms with Crippen LogP contribution >= 0.6 is 46.8 Å². The molecule has 32 heavy (non-hydrogen) atoms. The number of halogens is 5. The number of benzene rings is 2. The summed E-state index contributed by atoms with van der Waals surface area (Å²) in [6.07, 6.45) is 1.84. The van der Waals surface area contributed by atoms with Crippen LogP contribution in [0.4, 0.5) is 14.5 Å². The maximum Gasteiger partial charge on any atom is 0.160 e. The Morgan fingerprint density at radius 1 is 1.25 bits per heavy atom. The first kappa shape index (κ1) is 26.6. The molecule has 2 aromatic rings. The van der Waals surface area contributed by atoms with Gasteiger partial charge in [0, 0.05) is 46.7 Å². The van der Waals surface area contributed by atoms with Gasteiger partial charge in [0.1, 0.15) is 5.82 Å². The van der Waals surface area contributed by atoms with E-state index in [1.165, 1.54) is 19.2 Å². The Morgan fingerprint density at radius 2 is 1.94 bits per heavy atom. The van der Waals surface area contributed by atoms with Gasteiger partial charge in [0.2, 0.25) is 0 Å². The molecule has 0 aromatic heterocycles. The van der Waals surface area contributed by atoms with E-state index in [2.05, 4.69) is 40.6 Å². The van der Waals surface area contributed by atoms with Crippen LogP contribution in [-0.2, 0) is 12.0 Å². The van der Waals surface area contributed by atoms with Crippen molar-refractivity contribution < 1.29 is 8.78 Å². The zero-order valence-electron chi connectivity index (χ0n) is 17.8. The van der Waals surface area contributed by atoms with Crippen LogP contribution in [0.3, 0.4) is 0 Å². The van der Waals surface area contributed by atoms with E-state index in [1.54, 1.807) is 6.07 Å². The van der Waals surface area contributed by atoms with E-state index in [9.17, 15) is 8.78 Å². The molecule has 0 aliphatic carbocycles. The van der Waals surface area contributed by atoms with Crippen LogP contribution in [0.25, 0.3) is 0 Å². The van der Waals surface area contributed by atoms with Crippen molar-refractivity contribution in [3.63, 3.8) is 0 Å². The van der Waals surface area contributed by atoms with Gasteiger partial charge in [0.15, 0.2) is 5.83 Å². The summed E-state index contributed by atoms with van der Waals surface area (Å²) in [5, 5.41) is 1.44. The second-order valence-electron chi connectivity index (χ2n) is 7.39. The molecule has 0 fully saturated rings. The minimum Gasteiger partial charge on any atom is -0.366 e. The van der Waals surface area contributed by atoms with Crippen LogP contribution in [0.1, 0.15) is 25.0 Å². The maximum atomic E-state index is 14.6. The molecule has 2 N–H and O–H groups in total. The van der Waals surface area contributed by atoms with Gasteiger partial charge >= 0.3 is 0 Å². The van der Waals surface area contributed by atoms with E-state index in [0.29, 0.717) is 33.7 Å². The molecular weight excluding hydrogens is 497 g/mol. The Labute approximate surface area is 206 Å². The van der Waals surface area contributed by atoms with Gasteiger partial charge in [0.25, 0.3) is 0 Å². The smallest absolute Gasteiger partial charge is 0.160 e. The molecule has 0 saturated carbocycles. The fourth-order valence-corrected chi connectivity index (χ4v) is 4.90. The molecule has 1 heterocycles. The molecule has 2 aromatic carbocycles. The Bertz CT molecular complexity index is 1060. The van der Waals surface area contributed by atoms with Crippen LogP contribution in [0.2, 0.25) is 15.1 Å². The van der Waals surface area contributed by atoms with Crippen molar-refractivity contribution in [1.29, 1.82) is 0 Å². The lowest BCUT2D eigenvalue weighted by Crippen LogP contribution is -2.28. The lowest BCUT2D eigenvalue weighted by Gasteiger charge is -2.23. The van der Waals surface area contributed by atoms with E-state index < -0.39 is 11.6 Å². The fraction of sp³-hybridized carbons (Fsp3) is 0.273. The number of allylic oxidation sites excluding steroid dienone is 1. The van der Waals surface area contributed by atoms with Crippen molar-refractivity contribution in [2.75, 3.05) is 18.5 Å². The first-order chi connectivity index (χ1) is 15.1. The molecule has 0 spiro atoms. The summed E-state index contributed by atoms with van der Waals surface area (Å²) in [5.41, 5.74) is 6.83. The molecule has 1 aliphatic rings. The van der Waals surface area contributed by atoms with Crippen molar-refractivity contribution in [1.82, 2.24) is 0 Å². The quantitative estimate of drug-likeness (QED) is 0.323. The van der Waals surface area contributed by atoms with E-state index >= 15 is 0 Å². The van der Waals surface area contributed by atoms with E-state index in [-0.39, 0.29) is 10.3 Å². The van der Waals surface area contributed by atoms with Crippen molar-refractivity contribution in [3.05, 3.63) is 68.3 Å². The Morgan fingerprint density at radius 3 is 2.59 bits per heavy atom. The molecule has 0 bridgehead atoms. The van der Waals surface area contributed by atoms with Gasteiger partial charge in [-0.2, -0.15) is 0 Å². The molecule has 3 rings (SSSR count). The van der Waals surface area contributed by atoms with Crippen molar-refractivity contribution in [2.24, 2.45) is 15.1 Å². The van der Waals surface area contributed by atoms with Gasteiger partial charge < -0.3 is 10.6 Å². The average molecular weight is 520 g/mol. The number of fused-ring (bicyclic) bond motifs is 1. The highest BCUT2D eigenvalue weighted by Gasteiger charge is 2.37. The summed E-state index contributed by atoms with van der Waals surface area (Å²) in [6.45, 7) is 8.41. The van der Waals surface area contributed by atoms with Crippen LogP contribution in [0.15, 0.2) is 50.6 Å². The average Bonchev–Trinajstić information content (AvgIpc) is 3.00. The highest BCUT2D eigenvalue weighted by molar-refractivity contribution is 7.98. The van der Waals surface area contributed by atoms with Crippen LogP contribution in [0.5, 0.6) is 0 Å². The topological polar surface area (TPSA) is 54.0 Å². The zero-order valence-corrected chi connectivity index (χ0v) is 20.9. The third kappa shape index (κ3) is 6.02. The van der Waals surface area contributed by atoms with Gasteiger partial charge in [-0.25, -0.2) is 13.2 Å². The fourth-order valence-electron chi connectivity index (χ4n) is 3.45. The Kier molecular flexibility index (Phi) is 9.54. The summed E-state index contributed by atoms with van der Waals surface area (Å²) in [7, 11) is 1.50. The van der Waals surface area contributed by atoms with E-state index in [4.69, 9.17) is 34.8 Å². The van der Waals surface area contributed by atoms with Crippen LogP contribution in [0, 0.1) is 5.82 Å². The van der Waals surface area contributed by atoms with Gasteiger partial charge in [-0.15, -0.1) is 0 Å². The molecule has 0 atom stereocenters. The largest absolute Gasteiger partial charge is 0.366 e. The van der Waals surface area contributed by atoms with Gasteiger partial charge in [-0.05, 0) is 43.6 Å². The minimum absolute atomic E-state index is 0.191. The standard InChI is InChI=1S/C21H18Cl3F2N3S.CH5N/c1-21(2)11-29(17-5-4-14(22)20(24)19(17)21)10-12-6-16(26)18(7-15(12)23)30-28-9-13(25)8-27-3;1-2/h4-9H,3,10-11H2,1-2H3;2H2,1H3/b13-8+,28-9-;. The molecule has 10 heteroatoms. The summed E-state index contributed by atoms with van der Waals surface area (Å²) in [6, 6.07) is 6.53. The Balaban J connectivity index is 0.00000176. The molecule has 1 aliphatic heterocycles. The molecule has 4 nitrogen and oxygen atoms in total. The van der Waals surface area contributed by atoms with E-state index in [0.717, 1.165) is 35.6 Å². The second kappa shape index (κ2) is 11.5. The molecule has 0 amide bonds. The van der Waals surface area contributed by atoms with Crippen LogP contribution < -0.4 is 10.6 Å². The lowest BCUT2D eigenvalue weighted by molar-refractivity contribution is 0.549. The molecule has 0 radical (unpaired) electrons. The van der Waals surface area contributed by atoms with Gasteiger partial charge in [-0.1, -0.05) is 48.7 Å². The molecule has 0 unspecified atom stereocenters. The van der Waals surface area contributed by atoms with Crippen molar-refractivity contribution in [2.45, 2.75) is 30.7 Å². The normalized spacial score (nSPS) is 14.9. The highest BCUT2D eigenvalue weighted by Crippen LogP contribution is 2.47. The first-order valence-electron chi connectivity index (χ1n) is 9.45. The highest BCUT2D eigenvalue weighted by atomic mass is 35.5. The third-order valence-electron chi connectivity index (χ3n) is 4.68. The summed E-state index contributed by atoms with van der Waals surface area (Å²) in [4.78, 5) is 5.58.